The molecule has 2 atom stereocenters. The van der Waals surface area contributed by atoms with Crippen molar-refractivity contribution in [1.29, 1.82) is 0 Å². The highest BCUT2D eigenvalue weighted by molar-refractivity contribution is 6.20. The molecule has 1 aromatic heterocycles. The summed E-state index contributed by atoms with van der Waals surface area (Å²) >= 11 is 0. The molecule has 0 saturated heterocycles. The zero-order valence-electron chi connectivity index (χ0n) is 23.8. The van der Waals surface area contributed by atoms with E-state index in [-0.39, 0.29) is 5.57 Å². The smallest absolute Gasteiger partial charge is 0.252 e. The summed E-state index contributed by atoms with van der Waals surface area (Å²) < 4.78 is 41.0. The molecule has 6 rings (SSSR count). The predicted molar refractivity (Wildman–Crippen MR) is 157 cm³/mol. The van der Waals surface area contributed by atoms with E-state index in [9.17, 15) is 14.0 Å². The molecule has 9 nitrogen and oxygen atoms in total. The van der Waals surface area contributed by atoms with E-state index in [0.29, 0.717) is 42.3 Å². The van der Waals surface area contributed by atoms with Crippen LogP contribution in [0.4, 0.5) is 14.5 Å². The Morgan fingerprint density at radius 2 is 1.90 bits per heavy atom. The Hall–Kier alpha value is -4.93. The van der Waals surface area contributed by atoms with Gasteiger partial charge < -0.3 is 25.0 Å². The van der Waals surface area contributed by atoms with Crippen molar-refractivity contribution in [3.05, 3.63) is 95.7 Å². The van der Waals surface area contributed by atoms with Crippen LogP contribution < -0.4 is 20.3 Å². The van der Waals surface area contributed by atoms with Crippen LogP contribution in [0.25, 0.3) is 16.5 Å². The molecule has 0 bridgehead atoms. The number of H-pyrrole nitrogens is 1. The lowest BCUT2D eigenvalue weighted by atomic mass is 9.96. The molecule has 1 aliphatic carbocycles. The number of nitrogens with zero attached hydrogens (tertiary/aromatic N) is 2. The summed E-state index contributed by atoms with van der Waals surface area (Å²) in [6.45, 7) is 8.78. The van der Waals surface area contributed by atoms with E-state index in [1.807, 2.05) is 44.7 Å². The van der Waals surface area contributed by atoms with Crippen molar-refractivity contribution < 1.29 is 27.8 Å². The number of ether oxygens (including phenoxy) is 2. The summed E-state index contributed by atoms with van der Waals surface area (Å²) in [6, 6.07) is 8.16. The Balaban J connectivity index is 0.000000972. The summed E-state index contributed by atoms with van der Waals surface area (Å²) in [7, 11) is 0. The van der Waals surface area contributed by atoms with Crippen LogP contribution >= 0.6 is 0 Å². The van der Waals surface area contributed by atoms with Gasteiger partial charge in [0.1, 0.15) is 41.5 Å². The number of aromatic nitrogens is 2. The minimum Gasteiger partial charge on any atom is -0.492 e. The van der Waals surface area contributed by atoms with E-state index in [1.165, 1.54) is 48.7 Å². The molecule has 2 aliphatic heterocycles. The van der Waals surface area contributed by atoms with Crippen LogP contribution in [0.1, 0.15) is 33.3 Å². The molecule has 3 aliphatic rings. The molecular formula is C31H33F2N5O4. The van der Waals surface area contributed by atoms with Gasteiger partial charge in [-0.3, -0.25) is 14.7 Å². The van der Waals surface area contributed by atoms with Crippen molar-refractivity contribution in [2.75, 3.05) is 18.1 Å². The number of amides is 2. The highest BCUT2D eigenvalue weighted by Crippen LogP contribution is 2.46. The molecule has 3 heterocycles. The van der Waals surface area contributed by atoms with Gasteiger partial charge in [0.2, 0.25) is 6.41 Å². The van der Waals surface area contributed by atoms with Crippen LogP contribution in [0.2, 0.25) is 0 Å². The largest absolute Gasteiger partial charge is 0.492 e. The maximum atomic E-state index is 15.5. The molecule has 220 valence electrons. The van der Waals surface area contributed by atoms with Gasteiger partial charge in [-0.25, -0.2) is 8.78 Å². The van der Waals surface area contributed by atoms with Gasteiger partial charge in [-0.2, -0.15) is 5.10 Å². The van der Waals surface area contributed by atoms with Crippen molar-refractivity contribution in [1.82, 2.24) is 20.8 Å². The van der Waals surface area contributed by atoms with E-state index in [0.717, 1.165) is 16.6 Å². The van der Waals surface area contributed by atoms with Crippen molar-refractivity contribution >= 4 is 34.5 Å². The molecule has 42 heavy (non-hydrogen) atoms. The Morgan fingerprint density at radius 3 is 2.64 bits per heavy atom. The second-order valence-electron chi connectivity index (χ2n) is 8.76. The summed E-state index contributed by atoms with van der Waals surface area (Å²) in [6.07, 6.45) is 6.67. The van der Waals surface area contributed by atoms with Gasteiger partial charge in [0.25, 0.3) is 5.91 Å². The van der Waals surface area contributed by atoms with Crippen LogP contribution in [-0.2, 0) is 14.3 Å². The minimum absolute atomic E-state index is 0.176. The fourth-order valence-corrected chi connectivity index (χ4v) is 4.80. The van der Waals surface area contributed by atoms with Gasteiger partial charge in [0, 0.05) is 17.2 Å². The fraction of sp³-hybridized carbons (Fsp3) is 0.258. The number of hydrogen-bond acceptors (Lipinski definition) is 6. The fourth-order valence-electron chi connectivity index (χ4n) is 4.80. The molecule has 0 spiro atoms. The first-order chi connectivity index (χ1) is 20.5. The number of anilines is 1. The number of aromatic amines is 1. The average molecular weight is 578 g/mol. The molecule has 2 amide bonds. The number of nitrogens with one attached hydrogen (secondary N) is 3. The van der Waals surface area contributed by atoms with E-state index in [4.69, 9.17) is 9.47 Å². The standard InChI is InChI=1S/C27H21F2N5O4.2C2H6/c28-17-5-3-15(4-6-17)18(2-1-7-30-14-35)27(36)32-21-11-19(29)25-24-26(21)37-9-8-34(24)22-12-20-16(13-31-33-20)10-23(22)38-25;2*1-2/h1-7,10-14,21,25H,8-9H2,(H,30,35)(H,31,33)(H,32,36);2*1-2H3/b7-1-,18-2+;;. The zero-order valence-corrected chi connectivity index (χ0v) is 23.8. The lowest BCUT2D eigenvalue weighted by molar-refractivity contribution is -0.116. The minimum atomic E-state index is -1.01. The molecule has 2 unspecified atom stereocenters. The number of allylic oxidation sites excluding steroid dienone is 2. The monoisotopic (exact) mass is 577 g/mol. The second kappa shape index (κ2) is 13.6. The first-order valence-corrected chi connectivity index (χ1v) is 13.8. The third-order valence-corrected chi connectivity index (χ3v) is 6.49. The van der Waals surface area contributed by atoms with Crippen molar-refractivity contribution in [3.63, 3.8) is 0 Å². The third kappa shape index (κ3) is 5.90. The first kappa shape index (κ1) is 30.0. The highest BCUT2D eigenvalue weighted by atomic mass is 19.1. The highest BCUT2D eigenvalue weighted by Gasteiger charge is 2.44. The number of hydrogen-bond donors (Lipinski definition) is 3. The van der Waals surface area contributed by atoms with Crippen LogP contribution in [0.3, 0.4) is 0 Å². The van der Waals surface area contributed by atoms with E-state index in [1.54, 1.807) is 6.20 Å². The summed E-state index contributed by atoms with van der Waals surface area (Å²) in [5, 5.41) is 13.0. The number of carbonyl (C=O) groups excluding carboxylic acids is 2. The van der Waals surface area contributed by atoms with E-state index in [2.05, 4.69) is 20.8 Å². The molecule has 3 N–H and O–H groups in total. The number of fused-ring (bicyclic) bond motifs is 3. The van der Waals surface area contributed by atoms with Gasteiger partial charge in [-0.1, -0.05) is 39.8 Å². The number of benzene rings is 2. The lowest BCUT2D eigenvalue weighted by Gasteiger charge is -2.44. The van der Waals surface area contributed by atoms with Crippen molar-refractivity contribution in [3.8, 4) is 5.75 Å². The van der Waals surface area contributed by atoms with Crippen LogP contribution in [0.15, 0.2) is 84.3 Å². The van der Waals surface area contributed by atoms with Crippen LogP contribution in [0.5, 0.6) is 5.75 Å². The topological polar surface area (TPSA) is 109 Å². The normalized spacial score (nSPS) is 18.7. The Morgan fingerprint density at radius 1 is 1.14 bits per heavy atom. The summed E-state index contributed by atoms with van der Waals surface area (Å²) in [5.74, 6) is -0.669. The van der Waals surface area contributed by atoms with Gasteiger partial charge in [-0.15, -0.1) is 0 Å². The molecular weight excluding hydrogens is 544 g/mol. The van der Waals surface area contributed by atoms with Crippen LogP contribution in [0, 0.1) is 5.82 Å². The Labute approximate surface area is 242 Å². The lowest BCUT2D eigenvalue weighted by Crippen LogP contribution is -2.50. The molecule has 0 radical (unpaired) electrons. The Kier molecular flexibility index (Phi) is 9.74. The van der Waals surface area contributed by atoms with Crippen LogP contribution in [-0.4, -0.2) is 47.8 Å². The quantitative estimate of drug-likeness (QED) is 0.210. The summed E-state index contributed by atoms with van der Waals surface area (Å²) in [4.78, 5) is 25.9. The number of rotatable bonds is 6. The third-order valence-electron chi connectivity index (χ3n) is 6.49. The number of halogens is 2. The van der Waals surface area contributed by atoms with Crippen molar-refractivity contribution in [2.24, 2.45) is 0 Å². The number of carbonyl (C=O) groups is 2. The second-order valence-corrected chi connectivity index (χ2v) is 8.76. The molecule has 11 heteroatoms. The van der Waals surface area contributed by atoms with Gasteiger partial charge in [0.15, 0.2) is 6.10 Å². The van der Waals surface area contributed by atoms with E-state index >= 15 is 4.39 Å². The average Bonchev–Trinajstić information content (AvgIpc) is 3.48. The molecule has 0 saturated carbocycles. The summed E-state index contributed by atoms with van der Waals surface area (Å²) in [5.41, 5.74) is 2.64. The van der Waals surface area contributed by atoms with E-state index < -0.39 is 29.7 Å². The molecule has 3 aromatic rings. The van der Waals surface area contributed by atoms with Gasteiger partial charge in [-0.05, 0) is 48.1 Å². The predicted octanol–water partition coefficient (Wildman–Crippen LogP) is 5.26. The molecule has 0 fully saturated rings. The zero-order chi connectivity index (χ0) is 30.2. The van der Waals surface area contributed by atoms with Gasteiger partial charge in [0.05, 0.1) is 23.9 Å². The maximum Gasteiger partial charge on any atom is 0.252 e. The molecule has 2 aromatic carbocycles. The van der Waals surface area contributed by atoms with Gasteiger partial charge >= 0.3 is 0 Å². The first-order valence-electron chi connectivity index (χ1n) is 13.8. The van der Waals surface area contributed by atoms with Crippen molar-refractivity contribution in [2.45, 2.75) is 39.8 Å². The maximum absolute atomic E-state index is 15.5. The Bertz CT molecular complexity index is 1560. The SMILES string of the molecule is CC.CC.O=CN/C=C\C=C(\C(=O)NC1C=C(F)C2Oc3cc4cn[nH]c4cc3N3CCOC1=C23)c1ccc(F)cc1.